The number of anilines is 1. The molecule has 0 bridgehead atoms. The van der Waals surface area contributed by atoms with Gasteiger partial charge in [0.2, 0.25) is 5.91 Å². The highest BCUT2D eigenvalue weighted by Gasteiger charge is 2.29. The summed E-state index contributed by atoms with van der Waals surface area (Å²) in [7, 11) is 0. The van der Waals surface area contributed by atoms with Crippen LogP contribution in [0.2, 0.25) is 10.0 Å². The SMILES string of the molecule is C[C@H]1Cc2ccccc2N1C(=O)CCc1ccc(Cl)c(Cl)c1. The van der Waals surface area contributed by atoms with Crippen molar-refractivity contribution < 1.29 is 4.79 Å². The van der Waals surface area contributed by atoms with Crippen molar-refractivity contribution in [2.75, 3.05) is 4.90 Å². The smallest absolute Gasteiger partial charge is 0.227 e. The van der Waals surface area contributed by atoms with Crippen LogP contribution in [-0.2, 0) is 17.6 Å². The molecule has 1 atom stereocenters. The lowest BCUT2D eigenvalue weighted by Crippen LogP contribution is -2.35. The van der Waals surface area contributed by atoms with Crippen molar-refractivity contribution in [2.45, 2.75) is 32.2 Å². The Balaban J connectivity index is 1.71. The summed E-state index contributed by atoms with van der Waals surface area (Å²) in [6.07, 6.45) is 2.06. The van der Waals surface area contributed by atoms with E-state index in [1.807, 2.05) is 35.2 Å². The Morgan fingerprint density at radius 1 is 1.18 bits per heavy atom. The fourth-order valence-electron chi connectivity index (χ4n) is 3.01. The number of amides is 1. The van der Waals surface area contributed by atoms with Gasteiger partial charge < -0.3 is 4.90 Å². The van der Waals surface area contributed by atoms with Crippen LogP contribution in [0.25, 0.3) is 0 Å². The van der Waals surface area contributed by atoms with Gasteiger partial charge in [-0.25, -0.2) is 0 Å². The molecule has 0 spiro atoms. The van der Waals surface area contributed by atoms with E-state index < -0.39 is 0 Å². The minimum absolute atomic E-state index is 0.156. The maximum Gasteiger partial charge on any atom is 0.227 e. The zero-order valence-electron chi connectivity index (χ0n) is 12.4. The third-order valence-corrected chi connectivity index (χ3v) is 4.83. The highest BCUT2D eigenvalue weighted by Crippen LogP contribution is 2.32. The maximum absolute atomic E-state index is 12.6. The van der Waals surface area contributed by atoms with Gasteiger partial charge in [0.25, 0.3) is 0 Å². The van der Waals surface area contributed by atoms with Crippen molar-refractivity contribution in [2.24, 2.45) is 0 Å². The van der Waals surface area contributed by atoms with Gasteiger partial charge in [-0.05, 0) is 49.1 Å². The van der Waals surface area contributed by atoms with Crippen molar-refractivity contribution in [1.82, 2.24) is 0 Å². The van der Waals surface area contributed by atoms with Crippen LogP contribution in [0.5, 0.6) is 0 Å². The Labute approximate surface area is 140 Å². The maximum atomic E-state index is 12.6. The van der Waals surface area contributed by atoms with Crippen LogP contribution in [0.4, 0.5) is 5.69 Å². The van der Waals surface area contributed by atoms with Crippen LogP contribution >= 0.6 is 23.2 Å². The van der Waals surface area contributed by atoms with E-state index in [0.717, 1.165) is 17.7 Å². The van der Waals surface area contributed by atoms with Gasteiger partial charge in [-0.2, -0.15) is 0 Å². The van der Waals surface area contributed by atoms with E-state index in [0.29, 0.717) is 22.9 Å². The molecule has 2 aromatic rings. The molecule has 114 valence electrons. The number of rotatable bonds is 3. The van der Waals surface area contributed by atoms with E-state index in [4.69, 9.17) is 23.2 Å². The van der Waals surface area contributed by atoms with Gasteiger partial charge in [0, 0.05) is 18.2 Å². The van der Waals surface area contributed by atoms with E-state index in [-0.39, 0.29) is 11.9 Å². The molecule has 0 unspecified atom stereocenters. The number of aryl methyl sites for hydroxylation is 1. The highest BCUT2D eigenvalue weighted by molar-refractivity contribution is 6.42. The molecule has 0 aliphatic carbocycles. The fraction of sp³-hybridized carbons (Fsp3) is 0.278. The summed E-state index contributed by atoms with van der Waals surface area (Å²) in [4.78, 5) is 14.5. The number of para-hydroxylation sites is 1. The molecule has 0 radical (unpaired) electrons. The number of hydrogen-bond acceptors (Lipinski definition) is 1. The quantitative estimate of drug-likeness (QED) is 0.781. The van der Waals surface area contributed by atoms with Crippen LogP contribution in [0.3, 0.4) is 0 Å². The normalized spacial score (nSPS) is 16.7. The molecule has 0 fully saturated rings. The summed E-state index contributed by atoms with van der Waals surface area (Å²) >= 11 is 11.9. The number of carbonyl (C=O) groups is 1. The summed E-state index contributed by atoms with van der Waals surface area (Å²) in [6.45, 7) is 2.09. The molecule has 0 saturated carbocycles. The van der Waals surface area contributed by atoms with Crippen LogP contribution in [0.15, 0.2) is 42.5 Å². The average Bonchev–Trinajstić information content (AvgIpc) is 2.84. The number of carbonyl (C=O) groups excluding carboxylic acids is 1. The summed E-state index contributed by atoms with van der Waals surface area (Å²) in [5.74, 6) is 0.156. The number of nitrogens with zero attached hydrogens (tertiary/aromatic N) is 1. The standard InChI is InChI=1S/C18H17Cl2NO/c1-12-10-14-4-2-3-5-17(14)21(12)18(22)9-7-13-6-8-15(19)16(20)11-13/h2-6,8,11-12H,7,9-10H2,1H3/t12-/m0/s1. The fourth-order valence-corrected chi connectivity index (χ4v) is 3.33. The lowest BCUT2D eigenvalue weighted by Gasteiger charge is -2.22. The van der Waals surface area contributed by atoms with Gasteiger partial charge in [-0.1, -0.05) is 47.5 Å². The van der Waals surface area contributed by atoms with Gasteiger partial charge in [0.05, 0.1) is 10.0 Å². The average molecular weight is 334 g/mol. The Morgan fingerprint density at radius 2 is 1.95 bits per heavy atom. The monoisotopic (exact) mass is 333 g/mol. The molecule has 0 aromatic heterocycles. The lowest BCUT2D eigenvalue weighted by atomic mass is 10.1. The van der Waals surface area contributed by atoms with Gasteiger partial charge >= 0.3 is 0 Å². The van der Waals surface area contributed by atoms with Gasteiger partial charge in [-0.15, -0.1) is 0 Å². The second-order valence-corrected chi connectivity index (χ2v) is 6.51. The molecule has 1 aliphatic rings. The molecule has 4 heteroatoms. The van der Waals surface area contributed by atoms with E-state index in [1.165, 1.54) is 5.56 Å². The Hall–Kier alpha value is -1.51. The van der Waals surface area contributed by atoms with Crippen LogP contribution < -0.4 is 4.90 Å². The molecular formula is C18H17Cl2NO. The third kappa shape index (κ3) is 2.99. The van der Waals surface area contributed by atoms with E-state index in [2.05, 4.69) is 13.0 Å². The van der Waals surface area contributed by atoms with Crippen molar-refractivity contribution in [3.05, 3.63) is 63.6 Å². The molecular weight excluding hydrogens is 317 g/mol. The van der Waals surface area contributed by atoms with E-state index >= 15 is 0 Å². The summed E-state index contributed by atoms with van der Waals surface area (Å²) in [5.41, 5.74) is 3.33. The molecule has 2 nitrogen and oxygen atoms in total. The first kappa shape index (κ1) is 15.4. The van der Waals surface area contributed by atoms with Gasteiger partial charge in [0.15, 0.2) is 0 Å². The molecule has 3 rings (SSSR count). The minimum Gasteiger partial charge on any atom is -0.309 e. The predicted octanol–water partition coefficient (Wildman–Crippen LogP) is 4.90. The Bertz CT molecular complexity index is 714. The Morgan fingerprint density at radius 3 is 2.73 bits per heavy atom. The zero-order chi connectivity index (χ0) is 15.7. The second-order valence-electron chi connectivity index (χ2n) is 5.69. The first-order chi connectivity index (χ1) is 10.6. The third-order valence-electron chi connectivity index (χ3n) is 4.09. The van der Waals surface area contributed by atoms with Gasteiger partial charge in [-0.3, -0.25) is 4.79 Å². The molecule has 0 saturated heterocycles. The summed E-state index contributed by atoms with van der Waals surface area (Å²) in [5, 5.41) is 1.07. The summed E-state index contributed by atoms with van der Waals surface area (Å²) in [6, 6.07) is 13.9. The molecule has 1 amide bonds. The van der Waals surface area contributed by atoms with Crippen molar-refractivity contribution in [1.29, 1.82) is 0 Å². The van der Waals surface area contributed by atoms with Crippen LogP contribution in [0, 0.1) is 0 Å². The second kappa shape index (κ2) is 6.31. The first-order valence-corrected chi connectivity index (χ1v) is 8.16. The van der Waals surface area contributed by atoms with E-state index in [9.17, 15) is 4.79 Å². The van der Waals surface area contributed by atoms with Crippen molar-refractivity contribution in [3.63, 3.8) is 0 Å². The molecule has 1 aliphatic heterocycles. The zero-order valence-corrected chi connectivity index (χ0v) is 13.9. The van der Waals surface area contributed by atoms with E-state index in [1.54, 1.807) is 6.07 Å². The number of halogens is 2. The largest absolute Gasteiger partial charge is 0.309 e. The molecule has 1 heterocycles. The summed E-state index contributed by atoms with van der Waals surface area (Å²) < 4.78 is 0. The topological polar surface area (TPSA) is 20.3 Å². The van der Waals surface area contributed by atoms with Crippen LogP contribution in [-0.4, -0.2) is 11.9 Å². The lowest BCUT2D eigenvalue weighted by molar-refractivity contribution is -0.118. The predicted molar refractivity (Wildman–Crippen MR) is 91.9 cm³/mol. The van der Waals surface area contributed by atoms with Crippen molar-refractivity contribution >= 4 is 34.8 Å². The number of fused-ring (bicyclic) bond motifs is 1. The number of benzene rings is 2. The highest BCUT2D eigenvalue weighted by atomic mass is 35.5. The first-order valence-electron chi connectivity index (χ1n) is 7.40. The molecule has 22 heavy (non-hydrogen) atoms. The van der Waals surface area contributed by atoms with Gasteiger partial charge in [0.1, 0.15) is 0 Å². The van der Waals surface area contributed by atoms with Crippen LogP contribution in [0.1, 0.15) is 24.5 Å². The molecule has 2 aromatic carbocycles. The molecule has 0 N–H and O–H groups in total. The Kier molecular flexibility index (Phi) is 4.42. The number of hydrogen-bond donors (Lipinski definition) is 0. The van der Waals surface area contributed by atoms with Crippen molar-refractivity contribution in [3.8, 4) is 0 Å². The minimum atomic E-state index is 0.156.